The fourth-order valence-electron chi connectivity index (χ4n) is 2.38. The molecule has 1 heterocycles. The molecule has 0 bridgehead atoms. The highest BCUT2D eigenvalue weighted by Crippen LogP contribution is 2.28. The van der Waals surface area contributed by atoms with Crippen molar-refractivity contribution in [1.29, 1.82) is 0 Å². The van der Waals surface area contributed by atoms with Crippen LogP contribution in [0.2, 0.25) is 0 Å². The van der Waals surface area contributed by atoms with Gasteiger partial charge in [-0.25, -0.2) is 0 Å². The van der Waals surface area contributed by atoms with Crippen molar-refractivity contribution in [2.24, 2.45) is 13.0 Å². The topological polar surface area (TPSA) is 38.0 Å². The smallest absolute Gasteiger partial charge is 0.0596 e. The van der Waals surface area contributed by atoms with Gasteiger partial charge in [0.1, 0.15) is 0 Å². The van der Waals surface area contributed by atoms with E-state index in [2.05, 4.69) is 11.2 Å². The summed E-state index contributed by atoms with van der Waals surface area (Å²) in [6.45, 7) is 2.01. The molecule has 1 N–H and O–H groups in total. The van der Waals surface area contributed by atoms with E-state index in [0.717, 1.165) is 25.0 Å². The van der Waals surface area contributed by atoms with Crippen LogP contribution in [-0.4, -0.2) is 21.0 Å². The fraction of sp³-hybridized carbons (Fsp3) is 0.727. The van der Waals surface area contributed by atoms with Crippen LogP contribution in [0.25, 0.3) is 0 Å². The average molecular weight is 194 g/mol. The molecule has 1 aromatic heterocycles. The Hall–Kier alpha value is -0.830. The number of aryl methyl sites for hydroxylation is 2. The zero-order valence-electron chi connectivity index (χ0n) is 8.90. The van der Waals surface area contributed by atoms with E-state index >= 15 is 0 Å². The van der Waals surface area contributed by atoms with Crippen LogP contribution < -0.4 is 0 Å². The first-order valence-electron chi connectivity index (χ1n) is 5.34. The van der Waals surface area contributed by atoms with Crippen molar-refractivity contribution in [3.8, 4) is 0 Å². The summed E-state index contributed by atoms with van der Waals surface area (Å²) >= 11 is 0. The zero-order chi connectivity index (χ0) is 10.1. The van der Waals surface area contributed by atoms with Crippen LogP contribution in [0.15, 0.2) is 6.07 Å². The first-order chi connectivity index (χ1) is 6.66. The van der Waals surface area contributed by atoms with E-state index in [1.54, 1.807) is 0 Å². The number of hydrogen-bond acceptors (Lipinski definition) is 2. The second kappa shape index (κ2) is 3.73. The van der Waals surface area contributed by atoms with Crippen molar-refractivity contribution >= 4 is 0 Å². The van der Waals surface area contributed by atoms with Crippen molar-refractivity contribution in [3.63, 3.8) is 0 Å². The molecule has 78 valence electrons. The van der Waals surface area contributed by atoms with Crippen molar-refractivity contribution < 1.29 is 5.11 Å². The maximum absolute atomic E-state index is 9.72. The Kier molecular flexibility index (Phi) is 2.59. The molecule has 0 aromatic carbocycles. The Morgan fingerprint density at radius 2 is 2.36 bits per heavy atom. The van der Waals surface area contributed by atoms with E-state index in [9.17, 15) is 5.11 Å². The Morgan fingerprint density at radius 1 is 1.57 bits per heavy atom. The lowest BCUT2D eigenvalue weighted by Crippen LogP contribution is -2.17. The first-order valence-corrected chi connectivity index (χ1v) is 5.34. The zero-order valence-corrected chi connectivity index (χ0v) is 8.90. The van der Waals surface area contributed by atoms with Gasteiger partial charge in [0.05, 0.1) is 11.8 Å². The summed E-state index contributed by atoms with van der Waals surface area (Å²) < 4.78 is 1.93. The molecule has 0 aliphatic heterocycles. The molecule has 1 aliphatic rings. The second-order valence-electron chi connectivity index (χ2n) is 4.36. The van der Waals surface area contributed by atoms with Gasteiger partial charge in [-0.15, -0.1) is 0 Å². The summed E-state index contributed by atoms with van der Waals surface area (Å²) in [7, 11) is 1.98. The molecular weight excluding hydrogens is 176 g/mol. The molecule has 0 radical (unpaired) electrons. The molecule has 3 nitrogen and oxygen atoms in total. The number of hydrogen-bond donors (Lipinski definition) is 1. The van der Waals surface area contributed by atoms with Gasteiger partial charge in [-0.1, -0.05) is 6.42 Å². The van der Waals surface area contributed by atoms with Crippen LogP contribution in [0.3, 0.4) is 0 Å². The molecule has 0 amide bonds. The molecule has 14 heavy (non-hydrogen) atoms. The van der Waals surface area contributed by atoms with Crippen LogP contribution in [-0.2, 0) is 13.5 Å². The highest BCUT2D eigenvalue weighted by molar-refractivity contribution is 5.10. The van der Waals surface area contributed by atoms with Crippen LogP contribution in [0.5, 0.6) is 0 Å². The SMILES string of the molecule is Cc1cc(CC2CCCC2O)n(C)n1. The standard InChI is InChI=1S/C11H18N2O/c1-8-6-10(13(2)12-8)7-9-4-3-5-11(9)14/h6,9,11,14H,3-5,7H2,1-2H3. The molecule has 3 heteroatoms. The van der Waals surface area contributed by atoms with Gasteiger partial charge >= 0.3 is 0 Å². The summed E-state index contributed by atoms with van der Waals surface area (Å²) in [5, 5.41) is 14.0. The number of nitrogens with zero attached hydrogens (tertiary/aromatic N) is 2. The minimum Gasteiger partial charge on any atom is -0.393 e. The maximum atomic E-state index is 9.72. The van der Waals surface area contributed by atoms with E-state index in [-0.39, 0.29) is 6.10 Å². The van der Waals surface area contributed by atoms with Gasteiger partial charge in [-0.3, -0.25) is 4.68 Å². The predicted octanol–water partition coefficient (Wildman–Crippen LogP) is 1.43. The lowest BCUT2D eigenvalue weighted by Gasteiger charge is -2.13. The number of aliphatic hydroxyl groups is 1. The summed E-state index contributed by atoms with van der Waals surface area (Å²) in [5.74, 6) is 0.449. The maximum Gasteiger partial charge on any atom is 0.0596 e. The Balaban J connectivity index is 2.06. The molecule has 1 fully saturated rings. The molecule has 1 aliphatic carbocycles. The van der Waals surface area contributed by atoms with E-state index in [1.807, 2.05) is 18.7 Å². The van der Waals surface area contributed by atoms with Gasteiger partial charge in [0.2, 0.25) is 0 Å². The second-order valence-corrected chi connectivity index (χ2v) is 4.36. The van der Waals surface area contributed by atoms with Gasteiger partial charge in [-0.2, -0.15) is 5.10 Å². The Morgan fingerprint density at radius 3 is 2.86 bits per heavy atom. The van der Waals surface area contributed by atoms with E-state index in [4.69, 9.17) is 0 Å². The van der Waals surface area contributed by atoms with Crippen molar-refractivity contribution in [3.05, 3.63) is 17.5 Å². The normalized spacial score (nSPS) is 27.1. The molecule has 2 unspecified atom stereocenters. The van der Waals surface area contributed by atoms with Crippen molar-refractivity contribution in [2.45, 2.75) is 38.7 Å². The van der Waals surface area contributed by atoms with Crippen LogP contribution in [0.1, 0.15) is 30.7 Å². The van der Waals surface area contributed by atoms with E-state index in [1.165, 1.54) is 12.1 Å². The summed E-state index contributed by atoms with van der Waals surface area (Å²) in [4.78, 5) is 0. The first kappa shape index (κ1) is 9.71. The van der Waals surface area contributed by atoms with Crippen molar-refractivity contribution in [1.82, 2.24) is 9.78 Å². The molecule has 1 saturated carbocycles. The van der Waals surface area contributed by atoms with Gasteiger partial charge in [0.15, 0.2) is 0 Å². The molecule has 2 rings (SSSR count). The fourth-order valence-corrected chi connectivity index (χ4v) is 2.38. The quantitative estimate of drug-likeness (QED) is 0.773. The third kappa shape index (κ3) is 1.82. The van der Waals surface area contributed by atoms with Gasteiger partial charge in [-0.05, 0) is 38.2 Å². The highest BCUT2D eigenvalue weighted by atomic mass is 16.3. The molecule has 2 atom stereocenters. The lowest BCUT2D eigenvalue weighted by atomic mass is 9.99. The van der Waals surface area contributed by atoms with Crippen LogP contribution in [0.4, 0.5) is 0 Å². The monoisotopic (exact) mass is 194 g/mol. The summed E-state index contributed by atoms with van der Waals surface area (Å²) in [6.07, 6.45) is 4.18. The average Bonchev–Trinajstić information content (AvgIpc) is 2.62. The molecular formula is C11H18N2O. The number of rotatable bonds is 2. The van der Waals surface area contributed by atoms with Crippen molar-refractivity contribution in [2.75, 3.05) is 0 Å². The minimum atomic E-state index is -0.0924. The Labute approximate surface area is 84.7 Å². The number of aromatic nitrogens is 2. The van der Waals surface area contributed by atoms with Gasteiger partial charge in [0.25, 0.3) is 0 Å². The predicted molar refractivity (Wildman–Crippen MR) is 55.0 cm³/mol. The summed E-state index contributed by atoms with van der Waals surface area (Å²) in [5.41, 5.74) is 2.31. The third-order valence-electron chi connectivity index (χ3n) is 3.19. The van der Waals surface area contributed by atoms with E-state index in [0.29, 0.717) is 5.92 Å². The molecule has 1 aromatic rings. The largest absolute Gasteiger partial charge is 0.393 e. The summed E-state index contributed by atoms with van der Waals surface area (Å²) in [6, 6.07) is 2.12. The minimum absolute atomic E-state index is 0.0924. The van der Waals surface area contributed by atoms with Crippen LogP contribution >= 0.6 is 0 Å². The Bertz CT molecular complexity index is 319. The highest BCUT2D eigenvalue weighted by Gasteiger charge is 2.26. The number of aliphatic hydroxyl groups excluding tert-OH is 1. The molecule has 0 saturated heterocycles. The lowest BCUT2D eigenvalue weighted by molar-refractivity contribution is 0.131. The van der Waals surface area contributed by atoms with Crippen LogP contribution in [0, 0.1) is 12.8 Å². The molecule has 0 spiro atoms. The van der Waals surface area contributed by atoms with Gasteiger partial charge < -0.3 is 5.11 Å². The van der Waals surface area contributed by atoms with E-state index < -0.39 is 0 Å². The van der Waals surface area contributed by atoms with Gasteiger partial charge in [0, 0.05) is 12.7 Å². The third-order valence-corrected chi connectivity index (χ3v) is 3.19.